The minimum Gasteiger partial charge on any atom is -0.292 e. The van der Waals surface area contributed by atoms with E-state index < -0.39 is 17.5 Å². The van der Waals surface area contributed by atoms with E-state index in [0.29, 0.717) is 0 Å². The van der Waals surface area contributed by atoms with Crippen LogP contribution in [0.1, 0.15) is 0 Å². The van der Waals surface area contributed by atoms with E-state index in [2.05, 4.69) is 3.97 Å². The van der Waals surface area contributed by atoms with E-state index in [1.807, 2.05) is 0 Å². The van der Waals surface area contributed by atoms with Gasteiger partial charge in [-0.3, -0.25) is 4.57 Å². The molecule has 0 N–H and O–H groups in total. The van der Waals surface area contributed by atoms with Crippen molar-refractivity contribution in [3.05, 3.63) is 0 Å². The molecule has 0 amide bonds. The minimum atomic E-state index is -3.54. The molecule has 0 aromatic carbocycles. The highest BCUT2D eigenvalue weighted by atomic mass is 32.2. The molecule has 0 aliphatic rings. The van der Waals surface area contributed by atoms with Crippen molar-refractivity contribution in [2.24, 2.45) is 0 Å². The van der Waals surface area contributed by atoms with Gasteiger partial charge in [-0.15, -0.1) is 0 Å². The molecule has 9 heavy (non-hydrogen) atoms. The molecule has 0 saturated carbocycles. The molecule has 0 aromatic rings. The maximum Gasteiger partial charge on any atom is 0.270 e. The summed E-state index contributed by atoms with van der Waals surface area (Å²) in [6, 6.07) is 0. The van der Waals surface area contributed by atoms with Gasteiger partial charge in [0.1, 0.15) is 0 Å². The number of hydrogen-bond donors (Lipinski definition) is 0. The lowest BCUT2D eigenvalue weighted by Gasteiger charge is -2.02. The van der Waals surface area contributed by atoms with Crippen molar-refractivity contribution in [2.45, 2.75) is 0 Å². The van der Waals surface area contributed by atoms with Crippen LogP contribution in [0.2, 0.25) is 0 Å². The first-order chi connectivity index (χ1) is 3.71. The molecular formula is C3H9O4PS. The van der Waals surface area contributed by atoms with Crippen molar-refractivity contribution in [3.8, 4) is 0 Å². The van der Waals surface area contributed by atoms with Gasteiger partial charge in [-0.05, 0) is 0 Å². The molecule has 6 heteroatoms. The second kappa shape index (κ2) is 2.40. The second-order valence-electron chi connectivity index (χ2n) is 2.03. The lowest BCUT2D eigenvalue weighted by molar-refractivity contribution is 0.472. The Morgan fingerprint density at radius 1 is 1.33 bits per heavy atom. The molecule has 4 nitrogen and oxygen atoms in total. The predicted molar refractivity (Wildman–Crippen MR) is 35.4 cm³/mol. The Balaban J connectivity index is 4.26. The molecule has 0 saturated heterocycles. The Bertz CT molecular complexity index is 222. The molecule has 0 aromatic heterocycles. The van der Waals surface area contributed by atoms with Gasteiger partial charge in [-0.1, -0.05) is 0 Å². The van der Waals surface area contributed by atoms with E-state index in [-0.39, 0.29) is 0 Å². The second-order valence-corrected chi connectivity index (χ2v) is 6.54. The van der Waals surface area contributed by atoms with Crippen LogP contribution in [0.25, 0.3) is 0 Å². The lowest BCUT2D eigenvalue weighted by Crippen LogP contribution is -1.98. The SMILES string of the molecule is CP(C)(=O)OS(C)(=O)=O. The summed E-state index contributed by atoms with van der Waals surface area (Å²) in [5, 5.41) is 0. The first-order valence-corrected chi connectivity index (χ1v) is 6.50. The highest BCUT2D eigenvalue weighted by Crippen LogP contribution is 2.38. The smallest absolute Gasteiger partial charge is 0.270 e. The average Bonchev–Trinajstić information content (AvgIpc) is 1.14. The van der Waals surface area contributed by atoms with E-state index in [1.165, 1.54) is 13.3 Å². The minimum absolute atomic E-state index is 0.868. The maximum atomic E-state index is 10.6. The molecule has 0 heterocycles. The summed E-state index contributed by atoms with van der Waals surface area (Å²) in [7, 11) is -6.42. The van der Waals surface area contributed by atoms with Gasteiger partial charge in [0.2, 0.25) is 7.37 Å². The summed E-state index contributed by atoms with van der Waals surface area (Å²) < 4.78 is 35.3. The molecule has 0 aliphatic heterocycles. The maximum absolute atomic E-state index is 10.6. The van der Waals surface area contributed by atoms with Crippen molar-refractivity contribution in [1.82, 2.24) is 0 Å². The van der Waals surface area contributed by atoms with Crippen LogP contribution in [-0.2, 0) is 18.7 Å². The van der Waals surface area contributed by atoms with Crippen LogP contribution in [0, 0.1) is 0 Å². The molecule has 0 radical (unpaired) electrons. The Kier molecular flexibility index (Phi) is 2.44. The molecule has 0 aliphatic carbocycles. The highest BCUT2D eigenvalue weighted by Gasteiger charge is 2.14. The van der Waals surface area contributed by atoms with Gasteiger partial charge in [0.05, 0.1) is 6.26 Å². The third-order valence-electron chi connectivity index (χ3n) is 0.315. The highest BCUT2D eigenvalue weighted by molar-refractivity contribution is 7.90. The quantitative estimate of drug-likeness (QED) is 0.569. The van der Waals surface area contributed by atoms with E-state index in [4.69, 9.17) is 0 Å². The molecule has 0 spiro atoms. The van der Waals surface area contributed by atoms with Gasteiger partial charge in [-0.2, -0.15) is 8.42 Å². The standard InChI is InChI=1S/C3H9O4PS/c1-8(2,4)7-9(3,5)6/h1-3H3. The van der Waals surface area contributed by atoms with Crippen LogP contribution in [0.3, 0.4) is 0 Å². The number of hydrogen-bond acceptors (Lipinski definition) is 4. The normalized spacial score (nSPS) is 13.7. The van der Waals surface area contributed by atoms with Crippen LogP contribution in [0.4, 0.5) is 0 Å². The molecule has 0 fully saturated rings. The largest absolute Gasteiger partial charge is 0.292 e. The summed E-state index contributed by atoms with van der Waals surface area (Å²) in [5.74, 6) is 0. The third kappa shape index (κ3) is 8.14. The lowest BCUT2D eigenvalue weighted by atomic mass is 11.9. The van der Waals surface area contributed by atoms with Crippen molar-refractivity contribution >= 4 is 17.5 Å². The van der Waals surface area contributed by atoms with E-state index >= 15 is 0 Å². The van der Waals surface area contributed by atoms with Crippen molar-refractivity contribution in [1.29, 1.82) is 0 Å². The summed E-state index contributed by atoms with van der Waals surface area (Å²) in [6.07, 6.45) is 0.868. The van der Waals surface area contributed by atoms with Crippen LogP contribution in [0.15, 0.2) is 0 Å². The van der Waals surface area contributed by atoms with Crippen molar-refractivity contribution in [2.75, 3.05) is 19.6 Å². The van der Waals surface area contributed by atoms with Crippen molar-refractivity contribution < 1.29 is 17.0 Å². The van der Waals surface area contributed by atoms with Gasteiger partial charge >= 0.3 is 0 Å². The van der Waals surface area contributed by atoms with Crippen molar-refractivity contribution in [3.63, 3.8) is 0 Å². The number of rotatable bonds is 2. The van der Waals surface area contributed by atoms with Gasteiger partial charge in [-0.25, -0.2) is 3.97 Å². The van der Waals surface area contributed by atoms with Gasteiger partial charge < -0.3 is 0 Å². The fourth-order valence-electron chi connectivity index (χ4n) is 0.326. The molecular weight excluding hydrogens is 163 g/mol. The zero-order chi connectivity index (χ0) is 7.71. The first-order valence-electron chi connectivity index (χ1n) is 2.17. The van der Waals surface area contributed by atoms with Gasteiger partial charge in [0, 0.05) is 13.3 Å². The molecule has 0 bridgehead atoms. The average molecular weight is 172 g/mol. The van der Waals surface area contributed by atoms with Gasteiger partial charge in [0.25, 0.3) is 10.1 Å². The zero-order valence-electron chi connectivity index (χ0n) is 5.49. The molecule has 0 rings (SSSR count). The molecule has 0 atom stereocenters. The van der Waals surface area contributed by atoms with Crippen LogP contribution in [0.5, 0.6) is 0 Å². The fourth-order valence-corrected chi connectivity index (χ4v) is 2.93. The monoisotopic (exact) mass is 172 g/mol. The van der Waals surface area contributed by atoms with Gasteiger partial charge in [0.15, 0.2) is 0 Å². The molecule has 56 valence electrons. The van der Waals surface area contributed by atoms with Crippen LogP contribution >= 0.6 is 7.37 Å². The Hall–Kier alpha value is 0.140. The molecule has 0 unspecified atom stereocenters. The Morgan fingerprint density at radius 2 is 1.67 bits per heavy atom. The predicted octanol–water partition coefficient (Wildman–Crippen LogP) is 0.500. The zero-order valence-corrected chi connectivity index (χ0v) is 7.20. The summed E-state index contributed by atoms with van der Waals surface area (Å²) in [6.45, 7) is 2.49. The third-order valence-corrected chi connectivity index (χ3v) is 2.83. The topological polar surface area (TPSA) is 60.4 Å². The van der Waals surface area contributed by atoms with E-state index in [0.717, 1.165) is 6.26 Å². The summed E-state index contributed by atoms with van der Waals surface area (Å²) in [4.78, 5) is 0. The Morgan fingerprint density at radius 3 is 1.67 bits per heavy atom. The summed E-state index contributed by atoms with van der Waals surface area (Å²) >= 11 is 0. The van der Waals surface area contributed by atoms with Crippen LogP contribution < -0.4 is 0 Å². The Labute approximate surface area is 54.8 Å². The first kappa shape index (κ1) is 9.14. The van der Waals surface area contributed by atoms with Crippen LogP contribution in [-0.4, -0.2) is 28.0 Å². The fraction of sp³-hybridized carbons (Fsp3) is 1.00. The van der Waals surface area contributed by atoms with E-state index in [9.17, 15) is 13.0 Å². The summed E-state index contributed by atoms with van der Waals surface area (Å²) in [5.41, 5.74) is 0. The van der Waals surface area contributed by atoms with E-state index in [1.54, 1.807) is 0 Å².